The molecule has 0 fully saturated rings. The van der Waals surface area contributed by atoms with Crippen LogP contribution in [-0.4, -0.2) is 24.4 Å². The molecule has 1 rings (SSSR count). The van der Waals surface area contributed by atoms with Gasteiger partial charge in [-0.3, -0.25) is 0 Å². The fraction of sp³-hybridized carbons (Fsp3) is 0.867. The first-order valence-corrected chi connectivity index (χ1v) is 6.98. The lowest BCUT2D eigenvalue weighted by Gasteiger charge is -2.40. The molecule has 1 aliphatic carbocycles. The highest BCUT2D eigenvalue weighted by molar-refractivity contribution is 5.15. The molecule has 0 heterocycles. The molecule has 2 heteroatoms. The van der Waals surface area contributed by atoms with Gasteiger partial charge in [0.1, 0.15) is 0 Å². The van der Waals surface area contributed by atoms with Crippen LogP contribution in [0.1, 0.15) is 53.4 Å². The molecule has 3 unspecified atom stereocenters. The second-order valence-electron chi connectivity index (χ2n) is 5.58. The summed E-state index contributed by atoms with van der Waals surface area (Å²) in [6.07, 6.45) is 7.49. The van der Waals surface area contributed by atoms with Gasteiger partial charge in [0.15, 0.2) is 0 Å². The van der Waals surface area contributed by atoms with E-state index in [0.29, 0.717) is 6.61 Å². The topological polar surface area (TPSA) is 29.5 Å². The third-order valence-electron chi connectivity index (χ3n) is 4.23. The summed E-state index contributed by atoms with van der Waals surface area (Å²) in [6.45, 7) is 9.52. The predicted octanol–water partition coefficient (Wildman–Crippen LogP) is 3.55. The zero-order valence-corrected chi connectivity index (χ0v) is 11.8. The number of allylic oxidation sites excluding steroid dienone is 1. The maximum absolute atomic E-state index is 8.85. The van der Waals surface area contributed by atoms with E-state index in [1.165, 1.54) is 19.3 Å². The van der Waals surface area contributed by atoms with Crippen molar-refractivity contribution in [2.45, 2.75) is 59.5 Å². The Balaban J connectivity index is 2.77. The molecule has 2 nitrogen and oxygen atoms in total. The Morgan fingerprint density at radius 2 is 2.24 bits per heavy atom. The zero-order chi connectivity index (χ0) is 12.9. The van der Waals surface area contributed by atoms with Crippen LogP contribution >= 0.6 is 0 Å². The van der Waals surface area contributed by atoms with Crippen LogP contribution in [0.25, 0.3) is 0 Å². The molecule has 17 heavy (non-hydrogen) atoms. The van der Waals surface area contributed by atoms with Crippen molar-refractivity contribution in [1.29, 1.82) is 0 Å². The first kappa shape index (κ1) is 14.7. The number of hydrogen-bond donors (Lipinski definition) is 1. The fourth-order valence-electron chi connectivity index (χ4n) is 2.89. The maximum atomic E-state index is 8.85. The summed E-state index contributed by atoms with van der Waals surface area (Å²) in [5.41, 5.74) is 1.71. The van der Waals surface area contributed by atoms with Crippen LogP contribution in [0.4, 0.5) is 0 Å². The smallest absolute Gasteiger partial charge is 0.0701 e. The lowest BCUT2D eigenvalue weighted by Crippen LogP contribution is -2.36. The van der Waals surface area contributed by atoms with Crippen molar-refractivity contribution < 1.29 is 9.84 Å². The third kappa shape index (κ3) is 3.82. The lowest BCUT2D eigenvalue weighted by molar-refractivity contribution is -0.0269. The van der Waals surface area contributed by atoms with Gasteiger partial charge in [-0.25, -0.2) is 0 Å². The summed E-state index contributed by atoms with van der Waals surface area (Å²) in [5, 5.41) is 8.85. The van der Waals surface area contributed by atoms with Crippen LogP contribution in [0.5, 0.6) is 0 Å². The normalized spacial score (nSPS) is 31.1. The van der Waals surface area contributed by atoms with Crippen LogP contribution in [0, 0.1) is 11.3 Å². The predicted molar refractivity (Wildman–Crippen MR) is 72.0 cm³/mol. The van der Waals surface area contributed by atoms with E-state index in [0.717, 1.165) is 12.3 Å². The molecule has 0 radical (unpaired) electrons. The summed E-state index contributed by atoms with van der Waals surface area (Å²) in [4.78, 5) is 0. The van der Waals surface area contributed by atoms with Crippen molar-refractivity contribution >= 4 is 0 Å². The summed E-state index contributed by atoms with van der Waals surface area (Å²) in [6, 6.07) is 0. The van der Waals surface area contributed by atoms with Gasteiger partial charge in [0.05, 0.1) is 19.3 Å². The molecule has 0 spiro atoms. The monoisotopic (exact) mass is 240 g/mol. The Labute approximate surface area is 106 Å². The van der Waals surface area contributed by atoms with Gasteiger partial charge in [-0.2, -0.15) is 0 Å². The Morgan fingerprint density at radius 1 is 1.53 bits per heavy atom. The minimum Gasteiger partial charge on any atom is -0.394 e. The molecule has 0 bridgehead atoms. The van der Waals surface area contributed by atoms with Crippen LogP contribution < -0.4 is 0 Å². The number of aliphatic hydroxyl groups excluding tert-OH is 1. The largest absolute Gasteiger partial charge is 0.394 e. The van der Waals surface area contributed by atoms with Gasteiger partial charge in [0.2, 0.25) is 0 Å². The Bertz CT molecular complexity index is 260. The highest BCUT2D eigenvalue weighted by Gasteiger charge is 2.35. The van der Waals surface area contributed by atoms with Gasteiger partial charge in [-0.05, 0) is 32.1 Å². The van der Waals surface area contributed by atoms with Crippen molar-refractivity contribution in [3.8, 4) is 0 Å². The molecule has 3 atom stereocenters. The molecular formula is C15H28O2. The van der Waals surface area contributed by atoms with Crippen LogP contribution in [0.15, 0.2) is 11.6 Å². The van der Waals surface area contributed by atoms with E-state index in [-0.39, 0.29) is 18.1 Å². The first-order valence-electron chi connectivity index (χ1n) is 6.98. The Hall–Kier alpha value is -0.340. The molecule has 0 amide bonds. The lowest BCUT2D eigenvalue weighted by atomic mass is 9.69. The second-order valence-corrected chi connectivity index (χ2v) is 5.58. The van der Waals surface area contributed by atoms with Gasteiger partial charge in [0.25, 0.3) is 0 Å². The summed E-state index contributed by atoms with van der Waals surface area (Å²) < 4.78 is 5.72. The summed E-state index contributed by atoms with van der Waals surface area (Å²) in [7, 11) is 0. The molecule has 1 N–H and O–H groups in total. The van der Waals surface area contributed by atoms with Gasteiger partial charge >= 0.3 is 0 Å². The quantitative estimate of drug-likeness (QED) is 0.719. The van der Waals surface area contributed by atoms with Crippen LogP contribution in [-0.2, 0) is 4.74 Å². The molecular weight excluding hydrogens is 212 g/mol. The van der Waals surface area contributed by atoms with E-state index in [2.05, 4.69) is 33.8 Å². The van der Waals surface area contributed by atoms with Crippen LogP contribution in [0.3, 0.4) is 0 Å². The SMILES string of the molecule is CCC1=CC(C)(C(C)OCCO)CC(CC)C1. The maximum Gasteiger partial charge on any atom is 0.0701 e. The fourth-order valence-corrected chi connectivity index (χ4v) is 2.89. The minimum absolute atomic E-state index is 0.113. The molecule has 0 saturated heterocycles. The highest BCUT2D eigenvalue weighted by Crippen LogP contribution is 2.42. The third-order valence-corrected chi connectivity index (χ3v) is 4.23. The van der Waals surface area contributed by atoms with Crippen molar-refractivity contribution in [1.82, 2.24) is 0 Å². The Morgan fingerprint density at radius 3 is 2.76 bits per heavy atom. The van der Waals surface area contributed by atoms with E-state index in [9.17, 15) is 0 Å². The summed E-state index contributed by atoms with van der Waals surface area (Å²) in [5.74, 6) is 0.792. The molecule has 0 aliphatic heterocycles. The first-order chi connectivity index (χ1) is 8.05. The number of aliphatic hydroxyl groups is 1. The van der Waals surface area contributed by atoms with Gasteiger partial charge < -0.3 is 9.84 Å². The number of rotatable bonds is 6. The Kier molecular flexibility index (Phi) is 5.68. The second kappa shape index (κ2) is 6.55. The van der Waals surface area contributed by atoms with Gasteiger partial charge in [-0.15, -0.1) is 0 Å². The zero-order valence-electron chi connectivity index (χ0n) is 11.8. The standard InChI is InChI=1S/C15H28O2/c1-5-13-9-14(6-2)11-15(4,10-13)12(3)17-8-7-16/h10,12,14,16H,5-9,11H2,1-4H3. The van der Waals surface area contributed by atoms with E-state index in [1.807, 2.05) is 0 Å². The van der Waals surface area contributed by atoms with Crippen molar-refractivity contribution in [3.63, 3.8) is 0 Å². The number of ether oxygens (including phenoxy) is 1. The minimum atomic E-state index is 0.113. The van der Waals surface area contributed by atoms with Crippen LogP contribution in [0.2, 0.25) is 0 Å². The molecule has 0 aromatic rings. The highest BCUT2D eigenvalue weighted by atomic mass is 16.5. The summed E-state index contributed by atoms with van der Waals surface area (Å²) >= 11 is 0. The average Bonchev–Trinajstić information content (AvgIpc) is 2.34. The van der Waals surface area contributed by atoms with Crippen molar-refractivity contribution in [2.75, 3.05) is 13.2 Å². The average molecular weight is 240 g/mol. The number of hydrogen-bond acceptors (Lipinski definition) is 2. The molecule has 100 valence electrons. The van der Waals surface area contributed by atoms with E-state index in [1.54, 1.807) is 5.57 Å². The van der Waals surface area contributed by atoms with Crippen molar-refractivity contribution in [3.05, 3.63) is 11.6 Å². The van der Waals surface area contributed by atoms with E-state index < -0.39 is 0 Å². The molecule has 0 saturated carbocycles. The van der Waals surface area contributed by atoms with Gasteiger partial charge in [0, 0.05) is 5.41 Å². The van der Waals surface area contributed by atoms with Gasteiger partial charge in [-0.1, -0.05) is 38.8 Å². The molecule has 0 aromatic carbocycles. The van der Waals surface area contributed by atoms with Crippen molar-refractivity contribution in [2.24, 2.45) is 11.3 Å². The van der Waals surface area contributed by atoms with E-state index >= 15 is 0 Å². The molecule has 0 aromatic heterocycles. The molecule has 1 aliphatic rings. The van der Waals surface area contributed by atoms with E-state index in [4.69, 9.17) is 9.84 Å².